The van der Waals surface area contributed by atoms with E-state index in [0.29, 0.717) is 31.0 Å². The third-order valence-electron chi connectivity index (χ3n) is 6.40. The summed E-state index contributed by atoms with van der Waals surface area (Å²) in [5.74, 6) is -0.993. The Labute approximate surface area is 216 Å². The molecule has 9 heteroatoms. The second kappa shape index (κ2) is 11.3. The van der Waals surface area contributed by atoms with Gasteiger partial charge in [0, 0.05) is 18.8 Å². The Hall–Kier alpha value is -3.07. The van der Waals surface area contributed by atoms with Crippen LogP contribution in [0, 0.1) is 5.92 Å². The van der Waals surface area contributed by atoms with Crippen LogP contribution >= 0.6 is 11.8 Å². The number of piperidine rings is 1. The molecule has 1 amide bonds. The fourth-order valence-electron chi connectivity index (χ4n) is 4.78. The van der Waals surface area contributed by atoms with Gasteiger partial charge in [-0.25, -0.2) is 9.79 Å². The highest BCUT2D eigenvalue weighted by Gasteiger charge is 2.42. The van der Waals surface area contributed by atoms with Crippen LogP contribution in [0.15, 0.2) is 57.7 Å². The van der Waals surface area contributed by atoms with Crippen LogP contribution in [0.1, 0.15) is 58.6 Å². The zero-order valence-electron chi connectivity index (χ0n) is 21.2. The number of benzene rings is 1. The molecule has 0 bridgehead atoms. The lowest BCUT2D eigenvalue weighted by Gasteiger charge is -2.37. The predicted molar refractivity (Wildman–Crippen MR) is 139 cm³/mol. The monoisotopic (exact) mass is 511 g/mol. The highest BCUT2D eigenvalue weighted by atomic mass is 32.2. The number of carbonyl (C=O) groups is 3. The van der Waals surface area contributed by atoms with E-state index in [1.807, 2.05) is 61.4 Å². The molecule has 1 aromatic carbocycles. The Morgan fingerprint density at radius 1 is 1.19 bits per heavy atom. The first-order valence-electron chi connectivity index (χ1n) is 12.4. The van der Waals surface area contributed by atoms with E-state index in [9.17, 15) is 14.4 Å². The number of ether oxygens (including phenoxy) is 2. The van der Waals surface area contributed by atoms with Crippen molar-refractivity contribution in [3.05, 3.63) is 58.3 Å². The molecule has 192 valence electrons. The van der Waals surface area contributed by atoms with E-state index in [1.54, 1.807) is 11.8 Å². The number of hydrogen-bond acceptors (Lipinski definition) is 8. The lowest BCUT2D eigenvalue weighted by Crippen LogP contribution is -2.44. The van der Waals surface area contributed by atoms with Gasteiger partial charge < -0.3 is 19.3 Å². The molecule has 1 fully saturated rings. The number of amides is 1. The van der Waals surface area contributed by atoms with Gasteiger partial charge in [-0.3, -0.25) is 9.59 Å². The third-order valence-corrected chi connectivity index (χ3v) is 7.29. The van der Waals surface area contributed by atoms with Crippen molar-refractivity contribution in [1.82, 2.24) is 9.80 Å². The average molecular weight is 512 g/mol. The van der Waals surface area contributed by atoms with Crippen LogP contribution in [0.3, 0.4) is 0 Å². The summed E-state index contributed by atoms with van der Waals surface area (Å²) in [7, 11) is 0. The minimum atomic E-state index is -0.451. The maximum atomic E-state index is 13.4. The lowest BCUT2D eigenvalue weighted by molar-refractivity contribution is -0.151. The van der Waals surface area contributed by atoms with Crippen LogP contribution in [0.2, 0.25) is 0 Å². The SMILES string of the molecule is CCOC(=O)[C@@H]1CCCN(C(=O)CC2=CSC3=NC(C)=C(C(=O)OC(C)C)[C@@H](c4ccccc4)N23)C1. The summed E-state index contributed by atoms with van der Waals surface area (Å²) in [6.07, 6.45) is 1.37. The van der Waals surface area contributed by atoms with Crippen LogP contribution in [-0.2, 0) is 23.9 Å². The molecule has 36 heavy (non-hydrogen) atoms. The van der Waals surface area contributed by atoms with Crippen LogP contribution in [0.4, 0.5) is 0 Å². The zero-order chi connectivity index (χ0) is 25.8. The summed E-state index contributed by atoms with van der Waals surface area (Å²) in [5.41, 5.74) is 2.78. The molecule has 0 saturated carbocycles. The van der Waals surface area contributed by atoms with Crippen LogP contribution in [-0.4, -0.2) is 58.6 Å². The molecular weight excluding hydrogens is 478 g/mol. The predicted octanol–water partition coefficient (Wildman–Crippen LogP) is 4.40. The first kappa shape index (κ1) is 26.0. The summed E-state index contributed by atoms with van der Waals surface area (Å²) in [4.78, 5) is 47.3. The number of amidine groups is 1. The number of fused-ring (bicyclic) bond motifs is 1. The van der Waals surface area contributed by atoms with Crippen LogP contribution in [0.25, 0.3) is 0 Å². The van der Waals surface area contributed by atoms with Crippen molar-refractivity contribution in [2.24, 2.45) is 10.9 Å². The summed E-state index contributed by atoms with van der Waals surface area (Å²) in [6, 6.07) is 9.29. The number of nitrogens with zero attached hydrogens (tertiary/aromatic N) is 3. The van der Waals surface area contributed by atoms with Crippen molar-refractivity contribution in [3.8, 4) is 0 Å². The smallest absolute Gasteiger partial charge is 0.338 e. The minimum absolute atomic E-state index is 0.0542. The first-order chi connectivity index (χ1) is 17.3. The molecule has 0 unspecified atom stereocenters. The van der Waals surface area contributed by atoms with Crippen molar-refractivity contribution in [2.75, 3.05) is 19.7 Å². The summed E-state index contributed by atoms with van der Waals surface area (Å²) >= 11 is 1.45. The quantitative estimate of drug-likeness (QED) is 0.501. The molecule has 0 spiro atoms. The number of carbonyl (C=O) groups excluding carboxylic acids is 3. The van der Waals surface area contributed by atoms with Gasteiger partial charge in [-0.15, -0.1) is 0 Å². The number of aliphatic imine (C=N–C) groups is 1. The fraction of sp³-hybridized carbons (Fsp3) is 0.481. The molecule has 3 aliphatic rings. The molecule has 8 nitrogen and oxygen atoms in total. The Bertz CT molecular complexity index is 1110. The average Bonchev–Trinajstić information content (AvgIpc) is 3.25. The Balaban J connectivity index is 1.59. The third kappa shape index (κ3) is 5.51. The molecular formula is C27H33N3O5S. The van der Waals surface area contributed by atoms with Gasteiger partial charge in [-0.2, -0.15) is 0 Å². The van der Waals surface area contributed by atoms with Gasteiger partial charge in [0.15, 0.2) is 5.17 Å². The lowest BCUT2D eigenvalue weighted by atomic mass is 9.93. The van der Waals surface area contributed by atoms with E-state index in [1.165, 1.54) is 11.8 Å². The van der Waals surface area contributed by atoms with E-state index in [4.69, 9.17) is 14.5 Å². The minimum Gasteiger partial charge on any atom is -0.466 e. The number of likely N-dealkylation sites (tertiary alicyclic amines) is 1. The van der Waals surface area contributed by atoms with Gasteiger partial charge in [-0.1, -0.05) is 42.1 Å². The van der Waals surface area contributed by atoms with Crippen molar-refractivity contribution in [2.45, 2.75) is 59.1 Å². The maximum absolute atomic E-state index is 13.4. The van der Waals surface area contributed by atoms with Gasteiger partial charge in [-0.05, 0) is 51.5 Å². The molecule has 0 radical (unpaired) electrons. The first-order valence-corrected chi connectivity index (χ1v) is 13.3. The van der Waals surface area contributed by atoms with E-state index < -0.39 is 12.0 Å². The maximum Gasteiger partial charge on any atom is 0.338 e. The van der Waals surface area contributed by atoms with E-state index in [0.717, 1.165) is 29.3 Å². The molecule has 2 atom stereocenters. The Kier molecular flexibility index (Phi) is 8.18. The summed E-state index contributed by atoms with van der Waals surface area (Å²) in [6.45, 7) is 8.57. The van der Waals surface area contributed by atoms with Crippen LogP contribution < -0.4 is 0 Å². The highest BCUT2D eigenvalue weighted by molar-refractivity contribution is 8.16. The van der Waals surface area contributed by atoms with Crippen LogP contribution in [0.5, 0.6) is 0 Å². The van der Waals surface area contributed by atoms with Gasteiger partial charge >= 0.3 is 11.9 Å². The number of rotatable bonds is 7. The standard InChI is InChI=1S/C27H33N3O5S/c1-5-34-25(32)20-12-9-13-29(15-20)22(31)14-21-16-36-27-28-18(4)23(26(33)35-17(2)3)24(30(21)27)19-10-7-6-8-11-19/h6-8,10-11,16-17,20,24H,5,9,12-15H2,1-4H3/t20-,24-/m1/s1. The summed E-state index contributed by atoms with van der Waals surface area (Å²) < 4.78 is 10.8. The normalized spacial score (nSPS) is 21.7. The molecule has 0 aromatic heterocycles. The molecule has 3 aliphatic heterocycles. The van der Waals surface area contributed by atoms with Gasteiger partial charge in [0.05, 0.1) is 42.4 Å². The molecule has 1 saturated heterocycles. The second-order valence-corrected chi connectivity index (χ2v) is 10.2. The number of allylic oxidation sites excluding steroid dienone is 1. The zero-order valence-corrected chi connectivity index (χ0v) is 22.0. The fourth-order valence-corrected chi connectivity index (χ4v) is 5.75. The number of thioether (sulfide) groups is 1. The topological polar surface area (TPSA) is 88.5 Å². The van der Waals surface area contributed by atoms with Gasteiger partial charge in [0.1, 0.15) is 0 Å². The number of esters is 2. The molecule has 1 aromatic rings. The van der Waals surface area contributed by atoms with E-state index in [2.05, 4.69) is 0 Å². The molecule has 4 rings (SSSR count). The van der Waals surface area contributed by atoms with Crippen molar-refractivity contribution in [1.29, 1.82) is 0 Å². The molecule has 3 heterocycles. The van der Waals surface area contributed by atoms with Gasteiger partial charge in [0.2, 0.25) is 5.91 Å². The molecule has 0 N–H and O–H groups in total. The summed E-state index contributed by atoms with van der Waals surface area (Å²) in [5, 5.41) is 2.66. The largest absolute Gasteiger partial charge is 0.466 e. The van der Waals surface area contributed by atoms with Crippen molar-refractivity contribution in [3.63, 3.8) is 0 Å². The van der Waals surface area contributed by atoms with Crippen molar-refractivity contribution < 1.29 is 23.9 Å². The van der Waals surface area contributed by atoms with E-state index in [-0.39, 0.29) is 30.3 Å². The second-order valence-electron chi connectivity index (χ2n) is 9.37. The van der Waals surface area contributed by atoms with E-state index >= 15 is 0 Å². The Morgan fingerprint density at radius 3 is 2.64 bits per heavy atom. The Morgan fingerprint density at radius 2 is 1.94 bits per heavy atom. The highest BCUT2D eigenvalue weighted by Crippen LogP contribution is 2.45. The van der Waals surface area contributed by atoms with Gasteiger partial charge in [0.25, 0.3) is 0 Å². The molecule has 0 aliphatic carbocycles. The number of hydrogen-bond donors (Lipinski definition) is 0. The van der Waals surface area contributed by atoms with Crippen molar-refractivity contribution >= 4 is 34.8 Å².